The van der Waals surface area contributed by atoms with Gasteiger partial charge in [-0.05, 0) is 19.3 Å². The fourth-order valence-corrected chi connectivity index (χ4v) is 1.57. The summed E-state index contributed by atoms with van der Waals surface area (Å²) in [6, 6.07) is 0. The highest BCUT2D eigenvalue weighted by atomic mass is 16.2. The molecule has 1 amide bonds. The third kappa shape index (κ3) is 5.13. The molecule has 0 fully saturated rings. The first-order valence-electron chi connectivity index (χ1n) is 6.18. The molecule has 0 rings (SSSR count). The molecule has 0 saturated heterocycles. The van der Waals surface area contributed by atoms with Gasteiger partial charge in [-0.2, -0.15) is 0 Å². The van der Waals surface area contributed by atoms with Crippen molar-refractivity contribution in [1.29, 1.82) is 0 Å². The summed E-state index contributed by atoms with van der Waals surface area (Å²) in [7, 11) is 1.59. The van der Waals surface area contributed by atoms with Crippen LogP contribution in [0.3, 0.4) is 0 Å². The number of hydrogen-bond donors (Lipinski definition) is 0. The molecule has 100 valence electrons. The molecule has 1 atom stereocenters. The number of rotatable bonds is 8. The van der Waals surface area contributed by atoms with E-state index >= 15 is 0 Å². The second-order valence-corrected chi connectivity index (χ2v) is 4.24. The van der Waals surface area contributed by atoms with Crippen molar-refractivity contribution < 1.29 is 9.59 Å². The van der Waals surface area contributed by atoms with E-state index in [-0.39, 0.29) is 23.3 Å². The molecule has 0 heterocycles. The number of allylic oxidation sites excluding steroid dienone is 4. The minimum Gasteiger partial charge on any atom is -0.313 e. The number of likely N-dealkylation sites (N-methyl/N-ethyl adjacent to an activating group) is 1. The van der Waals surface area contributed by atoms with E-state index in [1.165, 1.54) is 11.8 Å². The molecule has 0 aliphatic heterocycles. The van der Waals surface area contributed by atoms with E-state index in [9.17, 15) is 9.59 Å². The Morgan fingerprint density at radius 2 is 1.89 bits per heavy atom. The molecule has 0 bridgehead atoms. The fraction of sp³-hybridized carbons (Fsp3) is 0.467. The van der Waals surface area contributed by atoms with Gasteiger partial charge in [0.15, 0.2) is 5.78 Å². The van der Waals surface area contributed by atoms with E-state index in [4.69, 9.17) is 0 Å². The lowest BCUT2D eigenvalue weighted by Crippen LogP contribution is -2.33. The predicted octanol–water partition coefficient (Wildman–Crippen LogP) is 3.10. The lowest BCUT2D eigenvalue weighted by atomic mass is 9.99. The Morgan fingerprint density at radius 3 is 2.33 bits per heavy atom. The number of ketones is 1. The largest absolute Gasteiger partial charge is 0.313 e. The molecule has 0 unspecified atom stereocenters. The van der Waals surface area contributed by atoms with Crippen LogP contribution in [0.2, 0.25) is 0 Å². The Morgan fingerprint density at radius 1 is 1.28 bits per heavy atom. The lowest BCUT2D eigenvalue weighted by molar-refractivity contribution is -0.134. The number of carbonyl (C=O) groups excluding carboxylic acids is 2. The van der Waals surface area contributed by atoms with Gasteiger partial charge in [0.05, 0.1) is 5.70 Å². The molecule has 18 heavy (non-hydrogen) atoms. The predicted molar refractivity (Wildman–Crippen MR) is 74.9 cm³/mol. The monoisotopic (exact) mass is 249 g/mol. The van der Waals surface area contributed by atoms with Crippen molar-refractivity contribution >= 4 is 11.7 Å². The Bertz CT molecular complexity index is 356. The minimum absolute atomic E-state index is 0.0872. The van der Waals surface area contributed by atoms with E-state index in [0.717, 1.165) is 6.42 Å². The van der Waals surface area contributed by atoms with Gasteiger partial charge in [-0.25, -0.2) is 0 Å². The highest BCUT2D eigenvalue weighted by molar-refractivity contribution is 5.97. The summed E-state index contributed by atoms with van der Waals surface area (Å²) in [5.74, 6) is -0.449. The quantitative estimate of drug-likeness (QED) is 0.489. The molecule has 0 aromatic carbocycles. The van der Waals surface area contributed by atoms with E-state index in [1.807, 2.05) is 19.1 Å². The normalized spacial score (nSPS) is 12.2. The number of carbonyl (C=O) groups is 2. The van der Waals surface area contributed by atoms with Crippen LogP contribution in [0.5, 0.6) is 0 Å². The first-order chi connectivity index (χ1) is 8.45. The lowest BCUT2D eigenvalue weighted by Gasteiger charge is -2.22. The summed E-state index contributed by atoms with van der Waals surface area (Å²) in [5, 5.41) is 0. The number of nitrogens with zero attached hydrogens (tertiary/aromatic N) is 1. The first-order valence-corrected chi connectivity index (χ1v) is 6.18. The van der Waals surface area contributed by atoms with E-state index < -0.39 is 0 Å². The molecule has 0 aliphatic carbocycles. The SMILES string of the molecule is C=CC[C@@H](C/C=C\CC)C(=O)N(C)C(=C)C(C)=O. The average Bonchev–Trinajstić information content (AvgIpc) is 2.35. The Labute approximate surface area is 110 Å². The standard InChI is InChI=1S/C15H23NO2/c1-6-8-9-11-14(10-7-2)15(18)16(5)12(3)13(4)17/h7-9,14H,2-3,6,10-11H2,1,4-5H3/b9-8-/t14-/m0/s1. The van der Waals surface area contributed by atoms with E-state index in [1.54, 1.807) is 13.1 Å². The molecule has 0 aromatic heterocycles. The van der Waals surface area contributed by atoms with Gasteiger partial charge in [0, 0.05) is 19.9 Å². The highest BCUT2D eigenvalue weighted by Crippen LogP contribution is 2.16. The zero-order chi connectivity index (χ0) is 14.1. The summed E-state index contributed by atoms with van der Waals surface area (Å²) in [6.07, 6.45) is 7.97. The maximum absolute atomic E-state index is 12.2. The van der Waals surface area contributed by atoms with Crippen molar-refractivity contribution in [2.75, 3.05) is 7.05 Å². The van der Waals surface area contributed by atoms with Crippen molar-refractivity contribution in [2.45, 2.75) is 33.1 Å². The molecule has 0 saturated carbocycles. The summed E-state index contributed by atoms with van der Waals surface area (Å²) >= 11 is 0. The van der Waals surface area contributed by atoms with Crippen LogP contribution in [0.1, 0.15) is 33.1 Å². The molecule has 0 N–H and O–H groups in total. The first kappa shape index (κ1) is 16.4. The molecular formula is C15H23NO2. The van der Waals surface area contributed by atoms with Crippen molar-refractivity contribution in [1.82, 2.24) is 4.90 Å². The smallest absolute Gasteiger partial charge is 0.230 e. The van der Waals surface area contributed by atoms with Crippen molar-refractivity contribution in [3.8, 4) is 0 Å². The number of hydrogen-bond acceptors (Lipinski definition) is 2. The van der Waals surface area contributed by atoms with Crippen molar-refractivity contribution in [3.05, 3.63) is 37.1 Å². The van der Waals surface area contributed by atoms with Gasteiger partial charge in [-0.15, -0.1) is 6.58 Å². The van der Waals surface area contributed by atoms with Gasteiger partial charge in [0.1, 0.15) is 0 Å². The van der Waals surface area contributed by atoms with Gasteiger partial charge in [0.2, 0.25) is 5.91 Å². The summed E-state index contributed by atoms with van der Waals surface area (Å²) in [4.78, 5) is 24.8. The zero-order valence-corrected chi connectivity index (χ0v) is 11.6. The summed E-state index contributed by atoms with van der Waals surface area (Å²) < 4.78 is 0. The van der Waals surface area contributed by atoms with Gasteiger partial charge in [0.25, 0.3) is 0 Å². The van der Waals surface area contributed by atoms with Gasteiger partial charge >= 0.3 is 0 Å². The molecule has 0 aromatic rings. The molecule has 0 radical (unpaired) electrons. The van der Waals surface area contributed by atoms with E-state index in [0.29, 0.717) is 12.8 Å². The van der Waals surface area contributed by atoms with Crippen molar-refractivity contribution in [3.63, 3.8) is 0 Å². The number of Topliss-reactive ketones (excluding diaryl/α,β-unsaturated/α-hetero) is 1. The topological polar surface area (TPSA) is 37.4 Å². The highest BCUT2D eigenvalue weighted by Gasteiger charge is 2.22. The van der Waals surface area contributed by atoms with Crippen LogP contribution >= 0.6 is 0 Å². The Balaban J connectivity index is 4.73. The van der Waals surface area contributed by atoms with Crippen LogP contribution in [0.25, 0.3) is 0 Å². The molecular weight excluding hydrogens is 226 g/mol. The molecule has 3 nitrogen and oxygen atoms in total. The Hall–Kier alpha value is -1.64. The molecule has 0 spiro atoms. The van der Waals surface area contributed by atoms with Crippen LogP contribution in [0.4, 0.5) is 0 Å². The second kappa shape index (κ2) is 8.45. The Kier molecular flexibility index (Phi) is 7.68. The van der Waals surface area contributed by atoms with Crippen LogP contribution in [-0.2, 0) is 9.59 Å². The number of amides is 1. The van der Waals surface area contributed by atoms with Gasteiger partial charge < -0.3 is 4.90 Å². The van der Waals surface area contributed by atoms with E-state index in [2.05, 4.69) is 13.2 Å². The second-order valence-electron chi connectivity index (χ2n) is 4.24. The minimum atomic E-state index is -0.188. The maximum Gasteiger partial charge on any atom is 0.230 e. The zero-order valence-electron chi connectivity index (χ0n) is 11.6. The van der Waals surface area contributed by atoms with Gasteiger partial charge in [-0.3, -0.25) is 9.59 Å². The van der Waals surface area contributed by atoms with Crippen LogP contribution in [-0.4, -0.2) is 23.6 Å². The van der Waals surface area contributed by atoms with Crippen molar-refractivity contribution in [2.24, 2.45) is 5.92 Å². The third-order valence-corrected chi connectivity index (χ3v) is 2.77. The van der Waals surface area contributed by atoms with Crippen LogP contribution < -0.4 is 0 Å². The molecule has 3 heteroatoms. The summed E-state index contributed by atoms with van der Waals surface area (Å²) in [5.41, 5.74) is 0.230. The maximum atomic E-state index is 12.2. The third-order valence-electron chi connectivity index (χ3n) is 2.77. The summed E-state index contributed by atoms with van der Waals surface area (Å²) in [6.45, 7) is 10.7. The van der Waals surface area contributed by atoms with Crippen LogP contribution in [0.15, 0.2) is 37.1 Å². The van der Waals surface area contributed by atoms with Gasteiger partial charge in [-0.1, -0.05) is 31.7 Å². The average molecular weight is 249 g/mol. The van der Waals surface area contributed by atoms with Crippen LogP contribution in [0, 0.1) is 5.92 Å². The fourth-order valence-electron chi connectivity index (χ4n) is 1.57. The molecule has 0 aliphatic rings.